The maximum Gasteiger partial charge on any atom is 0.131 e. The number of hydrogen-bond acceptors (Lipinski definition) is 2. The molecule has 1 aromatic rings. The molecule has 2 saturated carbocycles. The summed E-state index contributed by atoms with van der Waals surface area (Å²) in [5, 5.41) is 0. The Balaban J connectivity index is 1.33. The van der Waals surface area contributed by atoms with Crippen LogP contribution in [0.5, 0.6) is 0 Å². The molecule has 0 aliphatic heterocycles. The van der Waals surface area contributed by atoms with Crippen molar-refractivity contribution in [2.75, 3.05) is 0 Å². The first-order valence-corrected chi connectivity index (χ1v) is 12.2. The third-order valence-electron chi connectivity index (χ3n) is 7.20. The molecule has 3 rings (SSSR count). The van der Waals surface area contributed by atoms with Crippen molar-refractivity contribution in [3.8, 4) is 0 Å². The molecule has 0 unspecified atom stereocenters. The van der Waals surface area contributed by atoms with Gasteiger partial charge in [-0.15, -0.1) is 0 Å². The zero-order valence-corrected chi connectivity index (χ0v) is 17.8. The number of unbranched alkanes of at least 4 members (excludes halogenated alkanes) is 6. The molecule has 2 fully saturated rings. The maximum atomic E-state index is 4.78. The summed E-state index contributed by atoms with van der Waals surface area (Å²) in [5.74, 6) is 3.45. The first-order chi connectivity index (χ1) is 13.4. The average Bonchev–Trinajstić information content (AvgIpc) is 2.74. The summed E-state index contributed by atoms with van der Waals surface area (Å²) >= 11 is 0. The fraction of sp³-hybridized carbons (Fsp3) is 0.840. The fourth-order valence-corrected chi connectivity index (χ4v) is 5.31. The van der Waals surface area contributed by atoms with Crippen LogP contribution in [0.25, 0.3) is 0 Å². The molecular formula is C25H42N2. The standard InChI is InChI=1S/C25H42N2/c1-2-3-4-5-6-7-9-12-21-15-17-22(18-16-21)24-19-26-25(27-20-24)23-13-10-8-11-14-23/h19-23H,2-18H2,1H3. The third-order valence-corrected chi connectivity index (χ3v) is 7.20. The molecule has 0 spiro atoms. The van der Waals surface area contributed by atoms with Gasteiger partial charge in [-0.2, -0.15) is 0 Å². The minimum absolute atomic E-state index is 0.630. The van der Waals surface area contributed by atoms with Gasteiger partial charge in [-0.25, -0.2) is 9.97 Å². The smallest absolute Gasteiger partial charge is 0.131 e. The van der Waals surface area contributed by atoms with Gasteiger partial charge in [0.1, 0.15) is 5.82 Å². The predicted octanol–water partition coefficient (Wildman–Crippen LogP) is 7.94. The van der Waals surface area contributed by atoms with Gasteiger partial charge >= 0.3 is 0 Å². The van der Waals surface area contributed by atoms with Crippen LogP contribution in [-0.2, 0) is 0 Å². The zero-order chi connectivity index (χ0) is 18.7. The van der Waals surface area contributed by atoms with Crippen molar-refractivity contribution < 1.29 is 0 Å². The maximum absolute atomic E-state index is 4.78. The second-order valence-electron chi connectivity index (χ2n) is 9.34. The molecular weight excluding hydrogens is 328 g/mol. The number of aromatic nitrogens is 2. The van der Waals surface area contributed by atoms with Gasteiger partial charge in [0.25, 0.3) is 0 Å². The average molecular weight is 371 g/mol. The van der Waals surface area contributed by atoms with Crippen LogP contribution in [0.4, 0.5) is 0 Å². The minimum atomic E-state index is 0.630. The van der Waals surface area contributed by atoms with Gasteiger partial charge in [0.15, 0.2) is 0 Å². The molecule has 0 saturated heterocycles. The monoisotopic (exact) mass is 370 g/mol. The predicted molar refractivity (Wildman–Crippen MR) is 115 cm³/mol. The van der Waals surface area contributed by atoms with Crippen LogP contribution in [0.2, 0.25) is 0 Å². The van der Waals surface area contributed by atoms with E-state index < -0.39 is 0 Å². The first-order valence-electron chi connectivity index (χ1n) is 12.2. The van der Waals surface area contributed by atoms with E-state index in [1.807, 2.05) is 0 Å². The van der Waals surface area contributed by atoms with E-state index in [9.17, 15) is 0 Å². The van der Waals surface area contributed by atoms with Crippen LogP contribution >= 0.6 is 0 Å². The summed E-state index contributed by atoms with van der Waals surface area (Å²) in [7, 11) is 0. The van der Waals surface area contributed by atoms with Crippen molar-refractivity contribution in [1.82, 2.24) is 9.97 Å². The molecule has 2 aliphatic rings. The Labute approximate surface area is 168 Å². The lowest BCUT2D eigenvalue weighted by atomic mass is 9.77. The fourth-order valence-electron chi connectivity index (χ4n) is 5.31. The van der Waals surface area contributed by atoms with E-state index in [4.69, 9.17) is 9.97 Å². The molecule has 2 heteroatoms. The highest BCUT2D eigenvalue weighted by molar-refractivity contribution is 5.14. The first kappa shape index (κ1) is 20.8. The third kappa shape index (κ3) is 6.88. The molecule has 152 valence electrons. The lowest BCUT2D eigenvalue weighted by Crippen LogP contribution is -2.15. The van der Waals surface area contributed by atoms with E-state index in [0.29, 0.717) is 5.92 Å². The highest BCUT2D eigenvalue weighted by atomic mass is 14.9. The Bertz CT molecular complexity index is 496. The van der Waals surface area contributed by atoms with Gasteiger partial charge in [-0.1, -0.05) is 77.6 Å². The molecule has 0 radical (unpaired) electrons. The van der Waals surface area contributed by atoms with Crippen LogP contribution < -0.4 is 0 Å². The normalized spacial score (nSPS) is 24.2. The summed E-state index contributed by atoms with van der Waals surface area (Å²) in [6, 6.07) is 0. The van der Waals surface area contributed by atoms with Gasteiger partial charge < -0.3 is 0 Å². The Morgan fingerprint density at radius 3 is 2.00 bits per heavy atom. The van der Waals surface area contributed by atoms with Gasteiger partial charge in [-0.05, 0) is 55.9 Å². The molecule has 1 heterocycles. The van der Waals surface area contributed by atoms with Gasteiger partial charge in [0, 0.05) is 18.3 Å². The molecule has 0 atom stereocenters. The summed E-state index contributed by atoms with van der Waals surface area (Å²) in [6.45, 7) is 2.30. The molecule has 0 bridgehead atoms. The topological polar surface area (TPSA) is 25.8 Å². The molecule has 2 aliphatic carbocycles. The zero-order valence-electron chi connectivity index (χ0n) is 17.8. The van der Waals surface area contributed by atoms with Crippen LogP contribution in [0.1, 0.15) is 139 Å². The summed E-state index contributed by atoms with van der Waals surface area (Å²) < 4.78 is 0. The second kappa shape index (κ2) is 11.8. The van der Waals surface area contributed by atoms with Crippen LogP contribution in [0.3, 0.4) is 0 Å². The molecule has 2 nitrogen and oxygen atoms in total. The van der Waals surface area contributed by atoms with Crippen LogP contribution in [-0.4, -0.2) is 9.97 Å². The van der Waals surface area contributed by atoms with Crippen molar-refractivity contribution in [3.05, 3.63) is 23.8 Å². The van der Waals surface area contributed by atoms with E-state index in [1.54, 1.807) is 0 Å². The molecule has 0 aromatic carbocycles. The quantitative estimate of drug-likeness (QED) is 0.391. The Hall–Kier alpha value is -0.920. The Kier molecular flexibility index (Phi) is 9.11. The second-order valence-corrected chi connectivity index (χ2v) is 9.34. The van der Waals surface area contributed by atoms with Crippen LogP contribution in [0.15, 0.2) is 12.4 Å². The summed E-state index contributed by atoms with van der Waals surface area (Å²) in [5.41, 5.74) is 1.41. The van der Waals surface area contributed by atoms with E-state index in [2.05, 4.69) is 19.3 Å². The highest BCUT2D eigenvalue weighted by Gasteiger charge is 2.23. The number of nitrogens with zero attached hydrogens (tertiary/aromatic N) is 2. The number of hydrogen-bond donors (Lipinski definition) is 0. The molecule has 0 N–H and O–H groups in total. The molecule has 1 aromatic heterocycles. The van der Waals surface area contributed by atoms with Crippen LogP contribution in [0, 0.1) is 5.92 Å². The van der Waals surface area contributed by atoms with Crippen molar-refractivity contribution in [1.29, 1.82) is 0 Å². The van der Waals surface area contributed by atoms with Gasteiger partial charge in [-0.3, -0.25) is 0 Å². The largest absolute Gasteiger partial charge is 0.241 e. The number of rotatable bonds is 10. The van der Waals surface area contributed by atoms with E-state index in [-0.39, 0.29) is 0 Å². The lowest BCUT2D eigenvalue weighted by molar-refractivity contribution is 0.301. The van der Waals surface area contributed by atoms with Crippen molar-refractivity contribution in [3.63, 3.8) is 0 Å². The molecule has 0 amide bonds. The van der Waals surface area contributed by atoms with E-state index in [0.717, 1.165) is 17.7 Å². The van der Waals surface area contributed by atoms with Gasteiger partial charge in [0.2, 0.25) is 0 Å². The van der Waals surface area contributed by atoms with E-state index in [1.165, 1.54) is 115 Å². The van der Waals surface area contributed by atoms with E-state index >= 15 is 0 Å². The Morgan fingerprint density at radius 1 is 0.704 bits per heavy atom. The minimum Gasteiger partial charge on any atom is -0.241 e. The highest BCUT2D eigenvalue weighted by Crippen LogP contribution is 2.38. The summed E-state index contributed by atoms with van der Waals surface area (Å²) in [6.07, 6.45) is 28.1. The van der Waals surface area contributed by atoms with Gasteiger partial charge in [0.05, 0.1) is 0 Å². The lowest BCUT2D eigenvalue weighted by Gasteiger charge is -2.28. The summed E-state index contributed by atoms with van der Waals surface area (Å²) in [4.78, 5) is 9.55. The molecule has 27 heavy (non-hydrogen) atoms. The van der Waals surface area contributed by atoms with Crippen molar-refractivity contribution >= 4 is 0 Å². The van der Waals surface area contributed by atoms with Crippen molar-refractivity contribution in [2.45, 2.75) is 128 Å². The Morgan fingerprint density at radius 2 is 1.33 bits per heavy atom. The van der Waals surface area contributed by atoms with Crippen molar-refractivity contribution in [2.24, 2.45) is 5.92 Å². The SMILES string of the molecule is CCCCCCCCCC1CCC(c2cnc(C3CCCCC3)nc2)CC1.